The summed E-state index contributed by atoms with van der Waals surface area (Å²) in [6, 6.07) is 10.6. The topological polar surface area (TPSA) is 102 Å². The van der Waals surface area contributed by atoms with Crippen molar-refractivity contribution in [2.45, 2.75) is 31.4 Å². The molecule has 0 radical (unpaired) electrons. The Morgan fingerprint density at radius 3 is 2.62 bits per heavy atom. The summed E-state index contributed by atoms with van der Waals surface area (Å²) in [5.74, 6) is -1.44. The lowest BCUT2D eigenvalue weighted by atomic mass is 9.73. The Bertz CT molecular complexity index is 1580. The predicted octanol–water partition coefficient (Wildman–Crippen LogP) is 3.17. The van der Waals surface area contributed by atoms with Crippen LogP contribution < -0.4 is 15.4 Å². The third kappa shape index (κ3) is 3.67. The smallest absolute Gasteiger partial charge is 0.260 e. The van der Waals surface area contributed by atoms with Crippen molar-refractivity contribution < 1.29 is 18.7 Å². The Labute approximate surface area is 210 Å². The van der Waals surface area contributed by atoms with Crippen molar-refractivity contribution in [2.75, 3.05) is 22.9 Å². The number of hydrogen-bond acceptors (Lipinski definition) is 6. The molecule has 2 aromatic carbocycles. The molecule has 2 aliphatic rings. The maximum atomic E-state index is 15.3. The standard InChI is InChI=1S/C27H23F2N5O3/c28-18-11-20(29)22-21(12-18)34(14-16-3-2-8-30-13-16)25(37)27(22)6-9-33(10-7-27)26-31-23-17(15-35)4-1-5-19(23)24(36)32-26/h1-5,8,11-13,35H,6-7,9-10,14-15H2,(H,31,32,36). The van der Waals surface area contributed by atoms with Crippen LogP contribution in [0.15, 0.2) is 59.7 Å². The van der Waals surface area contributed by atoms with Crippen LogP contribution in [-0.2, 0) is 23.4 Å². The van der Waals surface area contributed by atoms with Gasteiger partial charge in [-0.25, -0.2) is 13.8 Å². The largest absolute Gasteiger partial charge is 0.392 e. The molecule has 4 heterocycles. The molecular formula is C27H23F2N5O3. The Morgan fingerprint density at radius 2 is 1.89 bits per heavy atom. The van der Waals surface area contributed by atoms with Gasteiger partial charge in [0.15, 0.2) is 0 Å². The lowest BCUT2D eigenvalue weighted by Crippen LogP contribution is -2.49. The first kappa shape index (κ1) is 23.2. The van der Waals surface area contributed by atoms with E-state index in [0.717, 1.165) is 11.6 Å². The number of para-hydroxylation sites is 1. The number of carbonyl (C=O) groups is 1. The lowest BCUT2D eigenvalue weighted by molar-refractivity contribution is -0.124. The maximum absolute atomic E-state index is 15.3. The van der Waals surface area contributed by atoms with Crippen molar-refractivity contribution in [1.29, 1.82) is 0 Å². The second-order valence-electron chi connectivity index (χ2n) is 9.46. The fraction of sp³-hybridized carbons (Fsp3) is 0.259. The van der Waals surface area contributed by atoms with E-state index in [4.69, 9.17) is 0 Å². The summed E-state index contributed by atoms with van der Waals surface area (Å²) in [7, 11) is 0. The zero-order valence-electron chi connectivity index (χ0n) is 19.7. The Morgan fingerprint density at radius 1 is 1.08 bits per heavy atom. The van der Waals surface area contributed by atoms with Crippen LogP contribution in [0.1, 0.15) is 29.5 Å². The van der Waals surface area contributed by atoms with Gasteiger partial charge in [-0.2, -0.15) is 0 Å². The number of pyridine rings is 1. The first-order valence-corrected chi connectivity index (χ1v) is 12.0. The first-order valence-electron chi connectivity index (χ1n) is 12.0. The van der Waals surface area contributed by atoms with Gasteiger partial charge in [-0.15, -0.1) is 0 Å². The molecular weight excluding hydrogens is 480 g/mol. The number of aromatic nitrogens is 3. The SMILES string of the molecule is O=C1N(Cc2cccnc2)c2cc(F)cc(F)c2C12CCN(c1nc3c(CO)cccc3c(=O)[nH]1)CC2. The molecule has 4 aromatic rings. The molecule has 2 aromatic heterocycles. The summed E-state index contributed by atoms with van der Waals surface area (Å²) in [4.78, 5) is 41.3. The quantitative estimate of drug-likeness (QED) is 0.444. The van der Waals surface area contributed by atoms with E-state index in [9.17, 15) is 19.1 Å². The minimum absolute atomic E-state index is 0.150. The van der Waals surface area contributed by atoms with Crippen LogP contribution in [0.3, 0.4) is 0 Å². The molecule has 188 valence electrons. The number of aromatic amines is 1. The highest BCUT2D eigenvalue weighted by Gasteiger charge is 2.54. The molecule has 1 spiro atoms. The highest BCUT2D eigenvalue weighted by atomic mass is 19.1. The molecule has 10 heteroatoms. The van der Waals surface area contributed by atoms with Crippen molar-refractivity contribution in [3.8, 4) is 0 Å². The number of fused-ring (bicyclic) bond motifs is 3. The van der Waals surface area contributed by atoms with Gasteiger partial charge in [0.2, 0.25) is 11.9 Å². The molecule has 8 nitrogen and oxygen atoms in total. The van der Waals surface area contributed by atoms with Gasteiger partial charge in [0.25, 0.3) is 5.56 Å². The van der Waals surface area contributed by atoms with Crippen molar-refractivity contribution >= 4 is 28.4 Å². The number of carbonyl (C=O) groups excluding carboxylic acids is 1. The number of rotatable bonds is 4. The van der Waals surface area contributed by atoms with Crippen LogP contribution in [0.25, 0.3) is 10.9 Å². The van der Waals surface area contributed by atoms with Gasteiger partial charge in [-0.1, -0.05) is 18.2 Å². The number of aliphatic hydroxyl groups excluding tert-OH is 1. The number of nitrogens with one attached hydrogen (secondary N) is 1. The molecule has 0 atom stereocenters. The van der Waals surface area contributed by atoms with Gasteiger partial charge in [0, 0.05) is 42.7 Å². The van der Waals surface area contributed by atoms with E-state index < -0.39 is 17.0 Å². The molecule has 0 aliphatic carbocycles. The number of benzene rings is 2. The van der Waals surface area contributed by atoms with Crippen molar-refractivity contribution in [3.63, 3.8) is 0 Å². The fourth-order valence-electron chi connectivity index (χ4n) is 5.60. The van der Waals surface area contributed by atoms with E-state index in [-0.39, 0.29) is 48.7 Å². The van der Waals surface area contributed by atoms with Gasteiger partial charge in [0.05, 0.1) is 35.2 Å². The molecule has 1 amide bonds. The van der Waals surface area contributed by atoms with Gasteiger partial charge in [-0.05, 0) is 36.6 Å². The number of H-pyrrole nitrogens is 1. The zero-order chi connectivity index (χ0) is 25.7. The molecule has 37 heavy (non-hydrogen) atoms. The molecule has 0 bridgehead atoms. The van der Waals surface area contributed by atoms with Gasteiger partial charge in [-0.3, -0.25) is 19.6 Å². The zero-order valence-corrected chi connectivity index (χ0v) is 19.7. The molecule has 2 N–H and O–H groups in total. The summed E-state index contributed by atoms with van der Waals surface area (Å²) < 4.78 is 29.5. The number of piperidine rings is 1. The molecule has 0 saturated carbocycles. The number of nitrogens with zero attached hydrogens (tertiary/aromatic N) is 4. The fourth-order valence-corrected chi connectivity index (χ4v) is 5.60. The van der Waals surface area contributed by atoms with Crippen LogP contribution in [0.2, 0.25) is 0 Å². The summed E-state index contributed by atoms with van der Waals surface area (Å²) in [6.07, 6.45) is 3.76. The third-order valence-corrected chi connectivity index (χ3v) is 7.42. The van der Waals surface area contributed by atoms with E-state index >= 15 is 4.39 Å². The highest BCUT2D eigenvalue weighted by Crippen LogP contribution is 2.50. The summed E-state index contributed by atoms with van der Waals surface area (Å²) in [6.45, 7) is 0.526. The average molecular weight is 504 g/mol. The van der Waals surface area contributed by atoms with Gasteiger partial charge < -0.3 is 14.9 Å². The number of hydrogen-bond donors (Lipinski definition) is 2. The molecule has 0 unspecified atom stereocenters. The van der Waals surface area contributed by atoms with E-state index in [1.165, 1.54) is 11.0 Å². The van der Waals surface area contributed by atoms with Crippen LogP contribution in [0.5, 0.6) is 0 Å². The minimum atomic E-state index is -1.15. The number of aliphatic hydroxyl groups is 1. The van der Waals surface area contributed by atoms with E-state index in [1.807, 2.05) is 11.0 Å². The number of anilines is 2. The Hall–Kier alpha value is -4.18. The highest BCUT2D eigenvalue weighted by molar-refractivity contribution is 6.08. The third-order valence-electron chi connectivity index (χ3n) is 7.42. The van der Waals surface area contributed by atoms with Crippen molar-refractivity contribution in [3.05, 3.63) is 93.5 Å². The Kier molecular flexibility index (Phi) is 5.49. The molecule has 1 saturated heterocycles. The Balaban J connectivity index is 1.35. The predicted molar refractivity (Wildman–Crippen MR) is 133 cm³/mol. The molecule has 1 fully saturated rings. The number of halogens is 2. The minimum Gasteiger partial charge on any atom is -0.392 e. The van der Waals surface area contributed by atoms with Crippen LogP contribution >= 0.6 is 0 Å². The van der Waals surface area contributed by atoms with Gasteiger partial charge in [0.1, 0.15) is 11.6 Å². The monoisotopic (exact) mass is 503 g/mol. The molecule has 6 rings (SSSR count). The average Bonchev–Trinajstić information content (AvgIpc) is 3.12. The van der Waals surface area contributed by atoms with E-state index in [0.29, 0.717) is 35.5 Å². The van der Waals surface area contributed by atoms with Gasteiger partial charge >= 0.3 is 0 Å². The van der Waals surface area contributed by atoms with E-state index in [2.05, 4.69) is 15.0 Å². The maximum Gasteiger partial charge on any atom is 0.260 e. The lowest BCUT2D eigenvalue weighted by Gasteiger charge is -2.38. The summed E-state index contributed by atoms with van der Waals surface area (Å²) in [5.41, 5.74) is 0.665. The normalized spacial score (nSPS) is 16.6. The summed E-state index contributed by atoms with van der Waals surface area (Å²) >= 11 is 0. The first-order chi connectivity index (χ1) is 17.9. The van der Waals surface area contributed by atoms with Crippen LogP contribution in [0, 0.1) is 11.6 Å². The van der Waals surface area contributed by atoms with Crippen LogP contribution in [-0.4, -0.2) is 39.1 Å². The van der Waals surface area contributed by atoms with Crippen LogP contribution in [0.4, 0.5) is 20.4 Å². The number of amides is 1. The second-order valence-corrected chi connectivity index (χ2v) is 9.46. The van der Waals surface area contributed by atoms with E-state index in [1.54, 1.807) is 36.7 Å². The molecule has 2 aliphatic heterocycles. The summed E-state index contributed by atoms with van der Waals surface area (Å²) in [5, 5.41) is 10.1. The van der Waals surface area contributed by atoms with Crippen molar-refractivity contribution in [1.82, 2.24) is 15.0 Å². The van der Waals surface area contributed by atoms with Crippen molar-refractivity contribution in [2.24, 2.45) is 0 Å². The second kappa shape index (κ2) is 8.74.